The van der Waals surface area contributed by atoms with Gasteiger partial charge in [0.05, 0.1) is 0 Å². The van der Waals surface area contributed by atoms with Gasteiger partial charge < -0.3 is 4.90 Å². The third kappa shape index (κ3) is 2.45. The summed E-state index contributed by atoms with van der Waals surface area (Å²) in [6, 6.07) is 2.27. The van der Waals surface area contributed by atoms with Crippen LogP contribution in [0.5, 0.6) is 0 Å². The number of halogens is 2. The Balaban J connectivity index is 2.45. The molecule has 0 aliphatic carbocycles. The van der Waals surface area contributed by atoms with E-state index in [1.54, 1.807) is 0 Å². The Morgan fingerprint density at radius 1 is 1.37 bits per heavy atom. The van der Waals surface area contributed by atoms with Crippen molar-refractivity contribution in [2.75, 3.05) is 11.4 Å². The molecule has 1 atom stereocenters. The van der Waals surface area contributed by atoms with Crippen LogP contribution in [-0.4, -0.2) is 26.1 Å². The molecule has 1 aliphatic rings. The molecule has 0 saturated carbocycles. The van der Waals surface area contributed by atoms with Gasteiger partial charge in [0.1, 0.15) is 16.8 Å². The molecule has 1 aromatic carbocycles. The van der Waals surface area contributed by atoms with Crippen LogP contribution in [-0.2, 0) is 14.8 Å². The molecule has 1 heterocycles. The first-order valence-electron chi connectivity index (χ1n) is 5.48. The number of benzene rings is 1. The maximum Gasteiger partial charge on any atom is 0.228 e. The maximum absolute atomic E-state index is 13.9. The third-order valence-electron chi connectivity index (χ3n) is 3.08. The van der Waals surface area contributed by atoms with Crippen molar-refractivity contribution in [2.45, 2.75) is 18.6 Å². The summed E-state index contributed by atoms with van der Waals surface area (Å²) in [4.78, 5) is 12.5. The van der Waals surface area contributed by atoms with E-state index in [0.717, 1.165) is 11.0 Å². The maximum atomic E-state index is 13.9. The number of sulfonamides is 1. The van der Waals surface area contributed by atoms with Crippen LogP contribution >= 0.6 is 0 Å². The van der Waals surface area contributed by atoms with Crippen molar-refractivity contribution in [1.82, 2.24) is 0 Å². The summed E-state index contributed by atoms with van der Waals surface area (Å²) >= 11 is 0. The highest BCUT2D eigenvalue weighted by atomic mass is 32.2. The Morgan fingerprint density at radius 2 is 2.00 bits per heavy atom. The number of aryl methyl sites for hydroxylation is 1. The predicted octanol–water partition coefficient (Wildman–Crippen LogP) is 0.667. The summed E-state index contributed by atoms with van der Waals surface area (Å²) < 4.78 is 50.0. The number of primary sulfonamides is 1. The van der Waals surface area contributed by atoms with Crippen LogP contribution in [0.4, 0.5) is 14.5 Å². The van der Waals surface area contributed by atoms with Crippen molar-refractivity contribution < 1.29 is 22.0 Å². The first kappa shape index (κ1) is 13.9. The Kier molecular flexibility index (Phi) is 3.31. The van der Waals surface area contributed by atoms with E-state index >= 15 is 0 Å². The minimum atomic E-state index is -3.92. The number of anilines is 1. The van der Waals surface area contributed by atoms with Gasteiger partial charge in [-0.05, 0) is 18.6 Å². The topological polar surface area (TPSA) is 80.5 Å². The van der Waals surface area contributed by atoms with E-state index in [1.807, 2.05) is 0 Å². The van der Waals surface area contributed by atoms with Gasteiger partial charge in [-0.15, -0.1) is 0 Å². The van der Waals surface area contributed by atoms with E-state index < -0.39 is 38.5 Å². The second kappa shape index (κ2) is 4.53. The third-order valence-corrected chi connectivity index (χ3v) is 4.33. The molecule has 0 radical (unpaired) electrons. The summed E-state index contributed by atoms with van der Waals surface area (Å²) in [7, 11) is -3.92. The van der Waals surface area contributed by atoms with Gasteiger partial charge in [0.15, 0.2) is 5.82 Å². The number of hydrogen-bond donors (Lipinski definition) is 1. The molecule has 0 spiro atoms. The molecular weight excluding hydrogens is 278 g/mol. The fraction of sp³-hybridized carbons (Fsp3) is 0.364. The van der Waals surface area contributed by atoms with Gasteiger partial charge in [0.25, 0.3) is 0 Å². The quantitative estimate of drug-likeness (QED) is 0.869. The molecule has 2 N–H and O–H groups in total. The number of nitrogens with two attached hydrogens (primary N) is 1. The molecule has 1 aliphatic heterocycles. The van der Waals surface area contributed by atoms with Gasteiger partial charge >= 0.3 is 0 Å². The Bertz CT molecular complexity index is 646. The molecule has 1 saturated heterocycles. The van der Waals surface area contributed by atoms with Crippen molar-refractivity contribution in [1.29, 1.82) is 0 Å². The summed E-state index contributed by atoms with van der Waals surface area (Å²) in [6.07, 6.45) is -0.369. The summed E-state index contributed by atoms with van der Waals surface area (Å²) in [5.74, 6) is -2.45. The van der Waals surface area contributed by atoms with Gasteiger partial charge in [0, 0.05) is 13.0 Å². The van der Waals surface area contributed by atoms with E-state index in [-0.39, 0.29) is 18.5 Å². The van der Waals surface area contributed by atoms with Gasteiger partial charge in [-0.25, -0.2) is 22.3 Å². The number of carbonyl (C=O) groups excluding carboxylic acids is 1. The molecule has 8 heteroatoms. The summed E-state index contributed by atoms with van der Waals surface area (Å²) in [6.45, 7) is 1.09. The second-order valence-corrected chi connectivity index (χ2v) is 6.29. The zero-order valence-corrected chi connectivity index (χ0v) is 10.9. The molecule has 1 aromatic rings. The molecule has 1 fully saturated rings. The van der Waals surface area contributed by atoms with Gasteiger partial charge in [-0.3, -0.25) is 4.79 Å². The molecule has 19 heavy (non-hydrogen) atoms. The highest BCUT2D eigenvalue weighted by molar-refractivity contribution is 7.89. The number of nitrogens with zero attached hydrogens (tertiary/aromatic N) is 1. The number of carbonyl (C=O) groups is 1. The lowest BCUT2D eigenvalue weighted by atomic mass is 10.2. The van der Waals surface area contributed by atoms with E-state index in [2.05, 4.69) is 0 Å². The van der Waals surface area contributed by atoms with Crippen LogP contribution in [0.3, 0.4) is 0 Å². The van der Waals surface area contributed by atoms with Crippen LogP contribution in [0.15, 0.2) is 12.1 Å². The number of rotatable bonds is 2. The number of amides is 1. The molecule has 104 valence electrons. The molecule has 2 rings (SSSR count). The van der Waals surface area contributed by atoms with Gasteiger partial charge in [-0.2, -0.15) is 0 Å². The van der Waals surface area contributed by atoms with Gasteiger partial charge in [-0.1, -0.05) is 6.07 Å². The first-order chi connectivity index (χ1) is 8.71. The lowest BCUT2D eigenvalue weighted by Crippen LogP contribution is -2.32. The molecule has 1 amide bonds. The zero-order chi connectivity index (χ0) is 14.4. The van der Waals surface area contributed by atoms with Crippen molar-refractivity contribution in [3.63, 3.8) is 0 Å². The second-order valence-electron chi connectivity index (χ2n) is 4.45. The fourth-order valence-corrected chi connectivity index (χ4v) is 2.73. The Morgan fingerprint density at radius 3 is 2.53 bits per heavy atom. The normalized spacial score (nSPS) is 20.1. The van der Waals surface area contributed by atoms with E-state index in [1.165, 1.54) is 13.0 Å². The smallest absolute Gasteiger partial charge is 0.228 e. The fourth-order valence-electron chi connectivity index (χ4n) is 2.00. The monoisotopic (exact) mass is 290 g/mol. The first-order valence-corrected chi connectivity index (χ1v) is 7.09. The van der Waals surface area contributed by atoms with Crippen molar-refractivity contribution in [3.05, 3.63) is 29.3 Å². The van der Waals surface area contributed by atoms with Gasteiger partial charge in [0.2, 0.25) is 15.9 Å². The molecule has 1 unspecified atom stereocenters. The largest absolute Gasteiger partial charge is 0.306 e. The standard InChI is InChI=1S/C11H12F2N2O3S/c1-6-2-3-8(12)11(10(6)13)15-5-7(4-9(15)16)19(14,17)18/h2-3,7H,4-5H2,1H3,(H2,14,17,18). The van der Waals surface area contributed by atoms with Crippen molar-refractivity contribution in [3.8, 4) is 0 Å². The molecule has 5 nitrogen and oxygen atoms in total. The lowest BCUT2D eigenvalue weighted by Gasteiger charge is -2.18. The SMILES string of the molecule is Cc1ccc(F)c(N2CC(S(N)(=O)=O)CC2=O)c1F. The highest BCUT2D eigenvalue weighted by Gasteiger charge is 2.39. The van der Waals surface area contributed by atoms with Crippen LogP contribution in [0.25, 0.3) is 0 Å². The summed E-state index contributed by atoms with van der Waals surface area (Å²) in [5.41, 5.74) is -0.348. The zero-order valence-electron chi connectivity index (χ0n) is 10.1. The van der Waals surface area contributed by atoms with Crippen molar-refractivity contribution in [2.24, 2.45) is 5.14 Å². The minimum absolute atomic E-state index is 0.170. The minimum Gasteiger partial charge on any atom is -0.306 e. The Hall–Kier alpha value is -1.54. The van der Waals surface area contributed by atoms with Crippen LogP contribution in [0.2, 0.25) is 0 Å². The predicted molar refractivity (Wildman–Crippen MR) is 65.0 cm³/mol. The molecule has 0 bridgehead atoms. The van der Waals surface area contributed by atoms with Crippen LogP contribution in [0.1, 0.15) is 12.0 Å². The van der Waals surface area contributed by atoms with Crippen LogP contribution in [0, 0.1) is 18.6 Å². The van der Waals surface area contributed by atoms with Crippen LogP contribution < -0.4 is 10.0 Å². The van der Waals surface area contributed by atoms with E-state index in [0.29, 0.717) is 0 Å². The molecular formula is C11H12F2N2O3S. The highest BCUT2D eigenvalue weighted by Crippen LogP contribution is 2.30. The van der Waals surface area contributed by atoms with E-state index in [4.69, 9.17) is 5.14 Å². The van der Waals surface area contributed by atoms with Crippen molar-refractivity contribution >= 4 is 21.6 Å². The number of hydrogen-bond acceptors (Lipinski definition) is 3. The average Bonchev–Trinajstić information content (AvgIpc) is 2.67. The Labute approximate surface area is 109 Å². The lowest BCUT2D eigenvalue weighted by molar-refractivity contribution is -0.117. The van der Waals surface area contributed by atoms with E-state index in [9.17, 15) is 22.0 Å². The average molecular weight is 290 g/mol. The summed E-state index contributed by atoms with van der Waals surface area (Å²) in [5, 5.41) is 3.82. The molecule has 0 aromatic heterocycles.